The van der Waals surface area contributed by atoms with Gasteiger partial charge in [0.2, 0.25) is 0 Å². The van der Waals surface area contributed by atoms with E-state index in [4.69, 9.17) is 0 Å². The second-order valence-corrected chi connectivity index (χ2v) is 12.1. The van der Waals surface area contributed by atoms with Gasteiger partial charge in [-0.25, -0.2) is 0 Å². The van der Waals surface area contributed by atoms with Gasteiger partial charge in [-0.05, 0) is 104 Å². The van der Waals surface area contributed by atoms with Crippen molar-refractivity contribution in [1.82, 2.24) is 0 Å². The quantitative estimate of drug-likeness (QED) is 0.540. The van der Waals surface area contributed by atoms with E-state index in [-0.39, 0.29) is 53.5 Å². The first-order valence-corrected chi connectivity index (χ1v) is 12.8. The molecule has 4 nitrogen and oxygen atoms in total. The molecule has 174 valence electrons. The molecule has 4 fully saturated rings. The summed E-state index contributed by atoms with van der Waals surface area (Å²) in [6.07, 6.45) is 7.65. The number of hydrogen-bond acceptors (Lipinski definition) is 4. The smallest absolute Gasteiger partial charge is 0.0605 e. The highest BCUT2D eigenvalue weighted by molar-refractivity contribution is 5.15. The summed E-state index contributed by atoms with van der Waals surface area (Å²) in [5, 5.41) is 43.1. The van der Waals surface area contributed by atoms with Crippen molar-refractivity contribution in [3.8, 4) is 0 Å². The number of fused-ring (bicyclic) bond motifs is 5. The second-order valence-electron chi connectivity index (χ2n) is 12.1. The van der Waals surface area contributed by atoms with Gasteiger partial charge in [0.25, 0.3) is 0 Å². The van der Waals surface area contributed by atoms with Crippen LogP contribution in [0, 0.1) is 52.3 Å². The fraction of sp³-hybridized carbons (Fsp3) is 1.00. The van der Waals surface area contributed by atoms with Gasteiger partial charge in [0.15, 0.2) is 0 Å². The van der Waals surface area contributed by atoms with E-state index in [1.54, 1.807) is 0 Å². The van der Waals surface area contributed by atoms with Gasteiger partial charge < -0.3 is 20.4 Å². The van der Waals surface area contributed by atoms with Crippen molar-refractivity contribution < 1.29 is 20.4 Å². The number of hydrogen-bond donors (Lipinski definition) is 4. The van der Waals surface area contributed by atoms with Gasteiger partial charge >= 0.3 is 0 Å². The average molecular weight is 423 g/mol. The molecule has 0 amide bonds. The number of rotatable bonds is 5. The lowest BCUT2D eigenvalue weighted by molar-refractivity contribution is -0.235. The predicted octanol–water partition coefficient (Wildman–Crippen LogP) is 3.99. The van der Waals surface area contributed by atoms with Crippen molar-refractivity contribution >= 4 is 0 Å². The molecule has 7 unspecified atom stereocenters. The third-order valence-corrected chi connectivity index (χ3v) is 10.9. The van der Waals surface area contributed by atoms with Crippen molar-refractivity contribution in [2.45, 2.75) is 104 Å². The molecule has 4 saturated carbocycles. The van der Waals surface area contributed by atoms with Gasteiger partial charge in [-0.15, -0.1) is 0 Å². The second kappa shape index (κ2) is 8.32. The normalized spacial score (nSPS) is 54.2. The zero-order valence-electron chi connectivity index (χ0n) is 19.6. The van der Waals surface area contributed by atoms with Gasteiger partial charge in [0.1, 0.15) is 0 Å². The molecular formula is C26H46O4. The van der Waals surface area contributed by atoms with Crippen LogP contribution in [0.3, 0.4) is 0 Å². The summed E-state index contributed by atoms with van der Waals surface area (Å²) in [5.74, 6) is 2.45. The van der Waals surface area contributed by atoms with E-state index in [0.717, 1.165) is 51.4 Å². The standard InChI is InChI=1S/C26H46O4/c1-5-17-20-13-16(28)10-11-25(20,3)23-21(29)14-26(4)18(15(2)7-6-12-27)8-9-19(26)22(23)24(17)30/h15-24,27-30H,5-14H2,1-4H3/t15-,16-,17-,18-,19?,20?,21?,22?,23?,24-,25?,26?/m1/s1. The highest BCUT2D eigenvalue weighted by Crippen LogP contribution is 2.69. The van der Waals surface area contributed by atoms with Crippen LogP contribution in [0.4, 0.5) is 0 Å². The van der Waals surface area contributed by atoms with Crippen molar-refractivity contribution in [3.63, 3.8) is 0 Å². The highest BCUT2D eigenvalue weighted by atomic mass is 16.3. The summed E-state index contributed by atoms with van der Waals surface area (Å²) in [4.78, 5) is 0. The van der Waals surface area contributed by atoms with Crippen LogP contribution in [0.15, 0.2) is 0 Å². The van der Waals surface area contributed by atoms with Crippen LogP contribution < -0.4 is 0 Å². The molecule has 30 heavy (non-hydrogen) atoms. The maximum atomic E-state index is 11.7. The summed E-state index contributed by atoms with van der Waals surface area (Å²) in [6, 6.07) is 0. The predicted molar refractivity (Wildman–Crippen MR) is 119 cm³/mol. The largest absolute Gasteiger partial charge is 0.396 e. The van der Waals surface area contributed by atoms with Gasteiger partial charge in [0.05, 0.1) is 18.3 Å². The maximum absolute atomic E-state index is 11.7. The Balaban J connectivity index is 1.68. The fourth-order valence-corrected chi connectivity index (χ4v) is 9.66. The molecule has 4 aliphatic rings. The van der Waals surface area contributed by atoms with Crippen LogP contribution in [0.2, 0.25) is 0 Å². The van der Waals surface area contributed by atoms with Gasteiger partial charge in [-0.2, -0.15) is 0 Å². The summed E-state index contributed by atoms with van der Waals surface area (Å²) >= 11 is 0. The van der Waals surface area contributed by atoms with E-state index >= 15 is 0 Å². The van der Waals surface area contributed by atoms with Crippen molar-refractivity contribution in [3.05, 3.63) is 0 Å². The molecule has 12 atom stereocenters. The molecule has 4 aliphatic carbocycles. The van der Waals surface area contributed by atoms with Gasteiger partial charge in [-0.3, -0.25) is 0 Å². The van der Waals surface area contributed by atoms with E-state index < -0.39 is 0 Å². The maximum Gasteiger partial charge on any atom is 0.0605 e. The van der Waals surface area contributed by atoms with E-state index in [1.165, 1.54) is 6.42 Å². The minimum absolute atomic E-state index is 0.0190. The van der Waals surface area contributed by atoms with Crippen molar-refractivity contribution in [1.29, 1.82) is 0 Å². The SMILES string of the molecule is CC[C@@H]1C2C[C@H](O)CCC2(C)C2C(O)CC3(C)C(CC[C@@H]3[C@H](C)CCCO)C2[C@@H]1O. The molecule has 0 aromatic rings. The minimum Gasteiger partial charge on any atom is -0.396 e. The van der Waals surface area contributed by atoms with Crippen molar-refractivity contribution in [2.75, 3.05) is 6.61 Å². The molecule has 0 heterocycles. The summed E-state index contributed by atoms with van der Waals surface area (Å²) in [5.41, 5.74) is 0.0945. The van der Waals surface area contributed by atoms with Crippen LogP contribution in [-0.4, -0.2) is 45.3 Å². The first-order valence-electron chi connectivity index (χ1n) is 12.8. The minimum atomic E-state index is -0.367. The third kappa shape index (κ3) is 3.31. The van der Waals surface area contributed by atoms with Crippen LogP contribution in [0.1, 0.15) is 85.5 Å². The van der Waals surface area contributed by atoms with Crippen LogP contribution in [-0.2, 0) is 0 Å². The fourth-order valence-electron chi connectivity index (χ4n) is 9.66. The molecule has 0 aromatic heterocycles. The van der Waals surface area contributed by atoms with Crippen LogP contribution in [0.5, 0.6) is 0 Å². The van der Waals surface area contributed by atoms with Gasteiger partial charge in [0, 0.05) is 6.61 Å². The summed E-state index contributed by atoms with van der Waals surface area (Å²) < 4.78 is 0. The van der Waals surface area contributed by atoms with Gasteiger partial charge in [-0.1, -0.05) is 34.1 Å². The first kappa shape index (κ1) is 23.0. The van der Waals surface area contributed by atoms with E-state index in [2.05, 4.69) is 27.7 Å². The molecule has 0 aromatic carbocycles. The molecular weight excluding hydrogens is 376 g/mol. The number of aliphatic hydroxyl groups is 4. The lowest BCUT2D eigenvalue weighted by atomic mass is 9.40. The Morgan fingerprint density at radius 2 is 1.73 bits per heavy atom. The van der Waals surface area contributed by atoms with E-state index in [0.29, 0.717) is 23.7 Å². The van der Waals surface area contributed by atoms with E-state index in [1.807, 2.05) is 0 Å². The zero-order chi connectivity index (χ0) is 21.8. The summed E-state index contributed by atoms with van der Waals surface area (Å²) in [7, 11) is 0. The Labute approximate surface area is 183 Å². The molecule has 0 bridgehead atoms. The molecule has 0 spiro atoms. The lowest BCUT2D eigenvalue weighted by Crippen LogP contribution is -2.65. The van der Waals surface area contributed by atoms with E-state index in [9.17, 15) is 20.4 Å². The first-order chi connectivity index (χ1) is 14.2. The molecule has 4 heteroatoms. The Bertz CT molecular complexity index is 610. The van der Waals surface area contributed by atoms with Crippen LogP contribution >= 0.6 is 0 Å². The molecule has 4 rings (SSSR count). The Kier molecular flexibility index (Phi) is 6.38. The average Bonchev–Trinajstić information content (AvgIpc) is 3.04. The topological polar surface area (TPSA) is 80.9 Å². The zero-order valence-corrected chi connectivity index (χ0v) is 19.6. The number of aliphatic hydroxyl groups excluding tert-OH is 4. The molecule has 4 N–H and O–H groups in total. The Hall–Kier alpha value is -0.160. The molecule has 0 saturated heterocycles. The van der Waals surface area contributed by atoms with Crippen LogP contribution in [0.25, 0.3) is 0 Å². The highest BCUT2D eigenvalue weighted by Gasteiger charge is 2.67. The third-order valence-electron chi connectivity index (χ3n) is 10.9. The van der Waals surface area contributed by atoms with Crippen molar-refractivity contribution in [2.24, 2.45) is 52.3 Å². The molecule has 0 aliphatic heterocycles. The monoisotopic (exact) mass is 422 g/mol. The molecule has 0 radical (unpaired) electrons. The summed E-state index contributed by atoms with van der Waals surface area (Å²) in [6.45, 7) is 9.56. The lowest BCUT2D eigenvalue weighted by Gasteiger charge is -2.66. The Morgan fingerprint density at radius 3 is 2.40 bits per heavy atom. The Morgan fingerprint density at radius 1 is 1.00 bits per heavy atom.